The standard InChI is InChI=1S/C13H21N3/c1-13(2,3)16-8-10-4-5-11(10)12-9-14-6-7-15-12/h6-7,9-11,16H,4-5,8H2,1-3H3. The molecule has 1 aliphatic carbocycles. The van der Waals surface area contributed by atoms with E-state index in [1.54, 1.807) is 12.4 Å². The smallest absolute Gasteiger partial charge is 0.0620 e. The molecule has 0 spiro atoms. The van der Waals surface area contributed by atoms with Gasteiger partial charge in [0.15, 0.2) is 0 Å². The second-order valence-corrected chi connectivity index (χ2v) is 5.71. The summed E-state index contributed by atoms with van der Waals surface area (Å²) in [5, 5.41) is 3.58. The topological polar surface area (TPSA) is 37.8 Å². The quantitative estimate of drug-likeness (QED) is 0.848. The lowest BCUT2D eigenvalue weighted by Crippen LogP contribution is -2.43. The third-order valence-corrected chi connectivity index (χ3v) is 3.28. The first-order chi connectivity index (χ1) is 7.56. The number of rotatable bonds is 3. The lowest BCUT2D eigenvalue weighted by molar-refractivity contribution is 0.221. The van der Waals surface area contributed by atoms with Crippen molar-refractivity contribution in [3.63, 3.8) is 0 Å². The van der Waals surface area contributed by atoms with Crippen LogP contribution in [0.1, 0.15) is 45.2 Å². The van der Waals surface area contributed by atoms with E-state index in [0.717, 1.165) is 18.2 Å². The molecule has 0 saturated heterocycles. The molecule has 1 heterocycles. The van der Waals surface area contributed by atoms with Gasteiger partial charge < -0.3 is 5.32 Å². The minimum atomic E-state index is 0.211. The first-order valence-electron chi connectivity index (χ1n) is 6.07. The molecule has 0 amide bonds. The van der Waals surface area contributed by atoms with Gasteiger partial charge in [-0.1, -0.05) is 0 Å². The third kappa shape index (κ3) is 2.79. The van der Waals surface area contributed by atoms with Gasteiger partial charge in [0.1, 0.15) is 0 Å². The molecule has 3 heteroatoms. The van der Waals surface area contributed by atoms with Crippen LogP contribution in [0.4, 0.5) is 0 Å². The lowest BCUT2D eigenvalue weighted by Gasteiger charge is -2.38. The van der Waals surface area contributed by atoms with Crippen LogP contribution in [0.15, 0.2) is 18.6 Å². The molecule has 2 rings (SSSR count). The molecule has 1 aromatic rings. The molecular weight excluding hydrogens is 198 g/mol. The van der Waals surface area contributed by atoms with Gasteiger partial charge in [-0.05, 0) is 46.1 Å². The summed E-state index contributed by atoms with van der Waals surface area (Å²) >= 11 is 0. The summed E-state index contributed by atoms with van der Waals surface area (Å²) in [4.78, 5) is 8.55. The average molecular weight is 219 g/mol. The largest absolute Gasteiger partial charge is 0.312 e. The van der Waals surface area contributed by atoms with Crippen molar-refractivity contribution in [1.82, 2.24) is 15.3 Å². The van der Waals surface area contributed by atoms with Crippen LogP contribution in [-0.2, 0) is 0 Å². The minimum Gasteiger partial charge on any atom is -0.312 e. The van der Waals surface area contributed by atoms with E-state index in [-0.39, 0.29) is 5.54 Å². The van der Waals surface area contributed by atoms with Gasteiger partial charge in [0.2, 0.25) is 0 Å². The molecular formula is C13H21N3. The summed E-state index contributed by atoms with van der Waals surface area (Å²) in [5.41, 5.74) is 1.37. The molecule has 0 aliphatic heterocycles. The van der Waals surface area contributed by atoms with Crippen LogP contribution in [-0.4, -0.2) is 22.1 Å². The Bertz CT molecular complexity index is 329. The first-order valence-corrected chi connectivity index (χ1v) is 6.07. The summed E-state index contributed by atoms with van der Waals surface area (Å²) in [6.45, 7) is 7.72. The van der Waals surface area contributed by atoms with Crippen LogP contribution in [0, 0.1) is 5.92 Å². The maximum atomic E-state index is 4.41. The number of hydrogen-bond donors (Lipinski definition) is 1. The molecule has 2 unspecified atom stereocenters. The SMILES string of the molecule is CC(C)(C)NCC1CCC1c1cnccn1. The summed E-state index contributed by atoms with van der Waals surface area (Å²) in [6, 6.07) is 0. The van der Waals surface area contributed by atoms with Gasteiger partial charge >= 0.3 is 0 Å². The lowest BCUT2D eigenvalue weighted by atomic mass is 9.71. The number of nitrogens with one attached hydrogen (secondary N) is 1. The zero-order valence-electron chi connectivity index (χ0n) is 10.4. The monoisotopic (exact) mass is 219 g/mol. The molecule has 1 aliphatic rings. The molecule has 1 aromatic heterocycles. The molecule has 1 saturated carbocycles. The molecule has 2 atom stereocenters. The van der Waals surface area contributed by atoms with Gasteiger partial charge in [0.25, 0.3) is 0 Å². The van der Waals surface area contributed by atoms with Crippen LogP contribution in [0.2, 0.25) is 0 Å². The van der Waals surface area contributed by atoms with Gasteiger partial charge in [-0.2, -0.15) is 0 Å². The highest BCUT2D eigenvalue weighted by Gasteiger charge is 2.33. The summed E-state index contributed by atoms with van der Waals surface area (Å²) in [6.07, 6.45) is 8.01. The Labute approximate surface area is 97.7 Å². The van der Waals surface area contributed by atoms with Crippen LogP contribution in [0.3, 0.4) is 0 Å². The van der Waals surface area contributed by atoms with Crippen molar-refractivity contribution in [2.45, 2.75) is 45.1 Å². The van der Waals surface area contributed by atoms with Crippen molar-refractivity contribution < 1.29 is 0 Å². The highest BCUT2D eigenvalue weighted by atomic mass is 15.0. The number of aromatic nitrogens is 2. The fourth-order valence-corrected chi connectivity index (χ4v) is 2.14. The summed E-state index contributed by atoms with van der Waals surface area (Å²) in [5.74, 6) is 1.35. The van der Waals surface area contributed by atoms with Gasteiger partial charge in [-0.15, -0.1) is 0 Å². The molecule has 16 heavy (non-hydrogen) atoms. The van der Waals surface area contributed by atoms with Crippen molar-refractivity contribution >= 4 is 0 Å². The van der Waals surface area contributed by atoms with Crippen LogP contribution >= 0.6 is 0 Å². The Morgan fingerprint density at radius 2 is 2.12 bits per heavy atom. The van der Waals surface area contributed by atoms with Crippen LogP contribution in [0.25, 0.3) is 0 Å². The van der Waals surface area contributed by atoms with E-state index in [4.69, 9.17) is 0 Å². The van der Waals surface area contributed by atoms with Gasteiger partial charge in [0, 0.05) is 30.0 Å². The van der Waals surface area contributed by atoms with Gasteiger partial charge in [0.05, 0.1) is 5.69 Å². The minimum absolute atomic E-state index is 0.211. The molecule has 0 radical (unpaired) electrons. The van der Waals surface area contributed by atoms with E-state index < -0.39 is 0 Å². The third-order valence-electron chi connectivity index (χ3n) is 3.28. The second kappa shape index (κ2) is 4.50. The van der Waals surface area contributed by atoms with Crippen molar-refractivity contribution in [2.75, 3.05) is 6.54 Å². The van der Waals surface area contributed by atoms with Gasteiger partial charge in [-0.3, -0.25) is 9.97 Å². The predicted molar refractivity (Wildman–Crippen MR) is 65.3 cm³/mol. The predicted octanol–water partition coefficient (Wildman–Crippen LogP) is 2.36. The van der Waals surface area contributed by atoms with Crippen LogP contribution in [0.5, 0.6) is 0 Å². The Morgan fingerprint density at radius 3 is 2.62 bits per heavy atom. The average Bonchev–Trinajstić information content (AvgIpc) is 2.16. The molecule has 0 aromatic carbocycles. The first kappa shape index (κ1) is 11.5. The van der Waals surface area contributed by atoms with Gasteiger partial charge in [-0.25, -0.2) is 0 Å². The molecule has 1 N–H and O–H groups in total. The van der Waals surface area contributed by atoms with E-state index in [1.807, 2.05) is 6.20 Å². The summed E-state index contributed by atoms with van der Waals surface area (Å²) < 4.78 is 0. The maximum Gasteiger partial charge on any atom is 0.0620 e. The summed E-state index contributed by atoms with van der Waals surface area (Å²) in [7, 11) is 0. The Hall–Kier alpha value is -0.960. The van der Waals surface area contributed by atoms with Crippen molar-refractivity contribution in [3.05, 3.63) is 24.3 Å². The highest BCUT2D eigenvalue weighted by Crippen LogP contribution is 2.41. The van der Waals surface area contributed by atoms with Crippen molar-refractivity contribution in [3.8, 4) is 0 Å². The second-order valence-electron chi connectivity index (χ2n) is 5.71. The maximum absolute atomic E-state index is 4.41. The zero-order chi connectivity index (χ0) is 11.6. The zero-order valence-corrected chi connectivity index (χ0v) is 10.4. The normalized spacial score (nSPS) is 25.2. The molecule has 0 bridgehead atoms. The molecule has 1 fully saturated rings. The molecule has 3 nitrogen and oxygen atoms in total. The fourth-order valence-electron chi connectivity index (χ4n) is 2.14. The highest BCUT2D eigenvalue weighted by molar-refractivity contribution is 5.10. The Morgan fingerprint density at radius 1 is 1.31 bits per heavy atom. The van der Waals surface area contributed by atoms with E-state index in [9.17, 15) is 0 Å². The number of nitrogens with zero attached hydrogens (tertiary/aromatic N) is 2. The van der Waals surface area contributed by atoms with E-state index >= 15 is 0 Å². The van der Waals surface area contributed by atoms with Crippen LogP contribution < -0.4 is 5.32 Å². The number of hydrogen-bond acceptors (Lipinski definition) is 3. The fraction of sp³-hybridized carbons (Fsp3) is 0.692. The Balaban J connectivity index is 1.90. The van der Waals surface area contributed by atoms with Crippen molar-refractivity contribution in [2.24, 2.45) is 5.92 Å². The van der Waals surface area contributed by atoms with E-state index in [2.05, 4.69) is 36.1 Å². The Kier molecular flexibility index (Phi) is 3.24. The van der Waals surface area contributed by atoms with Crippen molar-refractivity contribution in [1.29, 1.82) is 0 Å². The van der Waals surface area contributed by atoms with E-state index in [1.165, 1.54) is 12.8 Å². The molecule has 88 valence electrons. The van der Waals surface area contributed by atoms with E-state index in [0.29, 0.717) is 5.92 Å².